The van der Waals surface area contributed by atoms with Crippen molar-refractivity contribution < 1.29 is 14.3 Å². The minimum Gasteiger partial charge on any atom is -0.482 e. The lowest BCUT2D eigenvalue weighted by atomic mass is 9.92. The molecule has 0 heterocycles. The molecule has 0 aliphatic heterocycles. The van der Waals surface area contributed by atoms with Gasteiger partial charge in [-0.2, -0.15) is 0 Å². The summed E-state index contributed by atoms with van der Waals surface area (Å²) in [6, 6.07) is 9.10. The van der Waals surface area contributed by atoms with Crippen LogP contribution in [0.25, 0.3) is 4.85 Å². The summed E-state index contributed by atoms with van der Waals surface area (Å²) < 4.78 is 10.7. The first kappa shape index (κ1) is 13.4. The largest absolute Gasteiger partial charge is 0.482 e. The molecule has 0 amide bonds. The van der Waals surface area contributed by atoms with Gasteiger partial charge in [0.2, 0.25) is 0 Å². The highest BCUT2D eigenvalue weighted by molar-refractivity contribution is 5.71. The second-order valence-electron chi connectivity index (χ2n) is 4.69. The number of benzene rings is 1. The van der Waals surface area contributed by atoms with Crippen LogP contribution in [0, 0.1) is 6.57 Å². The van der Waals surface area contributed by atoms with Crippen molar-refractivity contribution in [2.45, 2.75) is 37.8 Å². The van der Waals surface area contributed by atoms with Crippen LogP contribution in [0.3, 0.4) is 0 Å². The molecule has 0 aromatic heterocycles. The molecule has 0 unspecified atom stereocenters. The molecule has 0 radical (unpaired) electrons. The van der Waals surface area contributed by atoms with Crippen molar-refractivity contribution in [3.8, 4) is 5.75 Å². The number of hydrogen-bond acceptors (Lipinski definition) is 3. The van der Waals surface area contributed by atoms with Gasteiger partial charge in [-0.15, -0.1) is 0 Å². The van der Waals surface area contributed by atoms with Crippen LogP contribution < -0.4 is 4.74 Å². The fraction of sp³-hybridized carbons (Fsp3) is 0.467. The maximum Gasteiger partial charge on any atom is 0.377 e. The summed E-state index contributed by atoms with van der Waals surface area (Å²) in [5.41, 5.74) is -0.949. The van der Waals surface area contributed by atoms with Gasteiger partial charge in [-0.25, -0.2) is 11.4 Å². The monoisotopic (exact) mass is 259 g/mol. The summed E-state index contributed by atoms with van der Waals surface area (Å²) in [6.45, 7) is 7.09. The van der Waals surface area contributed by atoms with Crippen LogP contribution >= 0.6 is 0 Å². The van der Waals surface area contributed by atoms with Crippen LogP contribution in [0.1, 0.15) is 32.1 Å². The van der Waals surface area contributed by atoms with Crippen molar-refractivity contribution in [2.24, 2.45) is 0 Å². The third kappa shape index (κ3) is 3.72. The molecule has 0 atom stereocenters. The number of hydrogen-bond donors (Lipinski definition) is 0. The van der Waals surface area contributed by atoms with Gasteiger partial charge in [-0.05, 0) is 25.0 Å². The van der Waals surface area contributed by atoms with Gasteiger partial charge in [0.1, 0.15) is 5.75 Å². The molecule has 1 aromatic carbocycles. The van der Waals surface area contributed by atoms with Gasteiger partial charge >= 0.3 is 11.7 Å². The average molecular weight is 259 g/mol. The SMILES string of the molecule is [C-]#[N+]C1(OC(=O)COc2ccccc2)CCCCC1. The summed E-state index contributed by atoms with van der Waals surface area (Å²) in [4.78, 5) is 15.3. The Hall–Kier alpha value is -2.02. The molecule has 100 valence electrons. The lowest BCUT2D eigenvalue weighted by Gasteiger charge is -2.25. The second-order valence-corrected chi connectivity index (χ2v) is 4.69. The Bertz CT molecular complexity index is 458. The molecule has 2 rings (SSSR count). The Balaban J connectivity index is 1.85. The molecular weight excluding hydrogens is 242 g/mol. The fourth-order valence-corrected chi connectivity index (χ4v) is 2.24. The van der Waals surface area contributed by atoms with Crippen LogP contribution in [-0.4, -0.2) is 18.3 Å². The van der Waals surface area contributed by atoms with E-state index >= 15 is 0 Å². The van der Waals surface area contributed by atoms with E-state index in [2.05, 4.69) is 4.85 Å². The summed E-state index contributed by atoms with van der Waals surface area (Å²) >= 11 is 0. The highest BCUT2D eigenvalue weighted by Crippen LogP contribution is 2.33. The number of carbonyl (C=O) groups is 1. The molecule has 1 aliphatic rings. The van der Waals surface area contributed by atoms with Crippen LogP contribution in [0.4, 0.5) is 0 Å². The Morgan fingerprint density at radius 1 is 1.21 bits per heavy atom. The van der Waals surface area contributed by atoms with Gasteiger partial charge < -0.3 is 9.47 Å². The molecule has 1 saturated carbocycles. The van der Waals surface area contributed by atoms with Crippen molar-refractivity contribution in [3.63, 3.8) is 0 Å². The van der Waals surface area contributed by atoms with E-state index < -0.39 is 11.7 Å². The number of ether oxygens (including phenoxy) is 2. The van der Waals surface area contributed by atoms with Crippen molar-refractivity contribution in [3.05, 3.63) is 41.7 Å². The minimum atomic E-state index is -0.949. The van der Waals surface area contributed by atoms with Gasteiger partial charge in [0, 0.05) is 0 Å². The standard InChI is InChI=1S/C15H17NO3/c1-16-15(10-6-3-7-11-15)19-14(17)12-18-13-8-4-2-5-9-13/h2,4-5,8-9H,3,6-7,10-12H2. The molecule has 1 fully saturated rings. The van der Waals surface area contributed by atoms with Gasteiger partial charge in [0.05, 0.1) is 12.8 Å². The number of nitrogens with zero attached hydrogens (tertiary/aromatic N) is 1. The van der Waals surface area contributed by atoms with Gasteiger partial charge in [0.15, 0.2) is 6.61 Å². The van der Waals surface area contributed by atoms with E-state index in [1.807, 2.05) is 18.2 Å². The first-order chi connectivity index (χ1) is 9.24. The van der Waals surface area contributed by atoms with E-state index in [4.69, 9.17) is 16.0 Å². The lowest BCUT2D eigenvalue weighted by molar-refractivity contribution is -0.160. The topological polar surface area (TPSA) is 39.9 Å². The molecule has 4 nitrogen and oxygen atoms in total. The zero-order valence-corrected chi connectivity index (χ0v) is 10.8. The number of rotatable bonds is 4. The molecule has 19 heavy (non-hydrogen) atoms. The summed E-state index contributed by atoms with van der Waals surface area (Å²) in [7, 11) is 0. The predicted molar refractivity (Wildman–Crippen MR) is 70.4 cm³/mol. The maximum absolute atomic E-state index is 11.8. The summed E-state index contributed by atoms with van der Waals surface area (Å²) in [5, 5.41) is 0. The Kier molecular flexibility index (Phi) is 4.40. The van der Waals surface area contributed by atoms with Crippen LogP contribution in [0.5, 0.6) is 5.75 Å². The van der Waals surface area contributed by atoms with Crippen molar-refractivity contribution in [1.82, 2.24) is 0 Å². The highest BCUT2D eigenvalue weighted by atomic mass is 16.6. The van der Waals surface area contributed by atoms with Gasteiger partial charge in [-0.3, -0.25) is 4.85 Å². The average Bonchev–Trinajstić information content (AvgIpc) is 2.47. The third-order valence-electron chi connectivity index (χ3n) is 3.24. The number of para-hydroxylation sites is 1. The quantitative estimate of drug-likeness (QED) is 0.616. The van der Waals surface area contributed by atoms with Crippen LogP contribution in [0.15, 0.2) is 30.3 Å². The molecule has 4 heteroatoms. The second kappa shape index (κ2) is 6.24. The van der Waals surface area contributed by atoms with Crippen molar-refractivity contribution >= 4 is 5.97 Å². The van der Waals surface area contributed by atoms with Crippen LogP contribution in [-0.2, 0) is 9.53 Å². The van der Waals surface area contributed by atoms with Crippen molar-refractivity contribution in [1.29, 1.82) is 0 Å². The van der Waals surface area contributed by atoms with Crippen molar-refractivity contribution in [2.75, 3.05) is 6.61 Å². The molecule has 1 aliphatic carbocycles. The highest BCUT2D eigenvalue weighted by Gasteiger charge is 2.42. The minimum absolute atomic E-state index is 0.152. The van der Waals surface area contributed by atoms with E-state index in [9.17, 15) is 4.79 Å². The molecule has 1 aromatic rings. The molecule has 0 saturated heterocycles. The van der Waals surface area contributed by atoms with E-state index in [0.717, 1.165) is 19.3 Å². The predicted octanol–water partition coefficient (Wildman–Crippen LogP) is 3.19. The normalized spacial score (nSPS) is 17.2. The Morgan fingerprint density at radius 3 is 2.53 bits per heavy atom. The number of esters is 1. The molecule has 0 bridgehead atoms. The van der Waals surface area contributed by atoms with E-state index in [1.54, 1.807) is 12.1 Å². The molecule has 0 N–H and O–H groups in total. The Labute approximate surface area is 113 Å². The Morgan fingerprint density at radius 2 is 1.89 bits per heavy atom. The first-order valence-corrected chi connectivity index (χ1v) is 6.52. The zero-order chi connectivity index (χ0) is 13.6. The third-order valence-corrected chi connectivity index (χ3v) is 3.24. The van der Waals surface area contributed by atoms with Crippen LogP contribution in [0.2, 0.25) is 0 Å². The zero-order valence-electron chi connectivity index (χ0n) is 10.8. The van der Waals surface area contributed by atoms with E-state index in [1.165, 1.54) is 0 Å². The molecule has 0 spiro atoms. The first-order valence-electron chi connectivity index (χ1n) is 6.52. The maximum atomic E-state index is 11.8. The fourth-order valence-electron chi connectivity index (χ4n) is 2.24. The van der Waals surface area contributed by atoms with Gasteiger partial charge in [0.25, 0.3) is 0 Å². The summed E-state index contributed by atoms with van der Waals surface area (Å²) in [6.07, 6.45) is 4.25. The van der Waals surface area contributed by atoms with E-state index in [-0.39, 0.29) is 6.61 Å². The number of carbonyl (C=O) groups excluding carboxylic acids is 1. The van der Waals surface area contributed by atoms with E-state index in [0.29, 0.717) is 18.6 Å². The smallest absolute Gasteiger partial charge is 0.377 e. The van der Waals surface area contributed by atoms with Gasteiger partial charge in [-0.1, -0.05) is 24.6 Å². The molecular formula is C15H17NO3. The summed E-state index contributed by atoms with van der Waals surface area (Å²) in [5.74, 6) is 0.154. The lowest BCUT2D eigenvalue weighted by Crippen LogP contribution is -2.35.